The van der Waals surface area contributed by atoms with E-state index in [-0.39, 0.29) is 26.4 Å². The van der Waals surface area contributed by atoms with Crippen molar-refractivity contribution in [3.63, 3.8) is 0 Å². The van der Waals surface area contributed by atoms with Crippen molar-refractivity contribution in [2.75, 3.05) is 10.0 Å². The number of rotatable bonds is 6. The lowest BCUT2D eigenvalue weighted by atomic mass is 10.0. The Kier molecular flexibility index (Phi) is 6.97. The molecule has 0 spiro atoms. The molecule has 2 amide bonds. The van der Waals surface area contributed by atoms with E-state index in [1.807, 2.05) is 0 Å². The van der Waals surface area contributed by atoms with Gasteiger partial charge in [-0.05, 0) is 58.2 Å². The van der Waals surface area contributed by atoms with Gasteiger partial charge in [0.25, 0.3) is 21.8 Å². The zero-order valence-corrected chi connectivity index (χ0v) is 21.6. The monoisotopic (exact) mass is 526 g/mol. The SMILES string of the molecule is Cc1cc(C)c(OC(N)=O)c(C)c1NC(=O)c1sc(C)c(C)c1S(=O)(=O)Nc1onc(C)c1Cl. The first kappa shape index (κ1) is 25.5. The molecular weight excluding hydrogens is 504 g/mol. The average molecular weight is 527 g/mol. The maximum absolute atomic E-state index is 13.3. The number of carbonyl (C=O) groups excluding carboxylic acids is 2. The molecule has 0 aliphatic carbocycles. The summed E-state index contributed by atoms with van der Waals surface area (Å²) in [4.78, 5) is 25.0. The second-order valence-corrected chi connectivity index (χ2v) is 10.9. The van der Waals surface area contributed by atoms with Crippen molar-refractivity contribution in [2.45, 2.75) is 46.4 Å². The number of thiophene rings is 1. The molecule has 0 atom stereocenters. The van der Waals surface area contributed by atoms with Crippen LogP contribution < -0.4 is 20.5 Å². The number of anilines is 2. The van der Waals surface area contributed by atoms with Crippen LogP contribution in [0.15, 0.2) is 15.5 Å². The number of hydrogen-bond acceptors (Lipinski definition) is 8. The van der Waals surface area contributed by atoms with Gasteiger partial charge in [0.1, 0.15) is 26.2 Å². The molecule has 182 valence electrons. The first-order chi connectivity index (χ1) is 15.7. The topological polar surface area (TPSA) is 154 Å². The van der Waals surface area contributed by atoms with Crippen LogP contribution in [0, 0.1) is 41.5 Å². The largest absolute Gasteiger partial charge is 0.410 e. The minimum atomic E-state index is -4.26. The summed E-state index contributed by atoms with van der Waals surface area (Å²) in [6, 6.07) is 1.72. The number of nitrogens with one attached hydrogen (secondary N) is 2. The number of amides is 2. The molecule has 1 aromatic carbocycles. The Balaban J connectivity index is 2.04. The van der Waals surface area contributed by atoms with Crippen molar-refractivity contribution < 1.29 is 27.3 Å². The zero-order chi connectivity index (χ0) is 25.5. The summed E-state index contributed by atoms with van der Waals surface area (Å²) in [5.41, 5.74) is 8.08. The van der Waals surface area contributed by atoms with Gasteiger partial charge in [0.2, 0.25) is 0 Å². The van der Waals surface area contributed by atoms with Crippen LogP contribution in [0.3, 0.4) is 0 Å². The molecule has 0 saturated carbocycles. The predicted molar refractivity (Wildman–Crippen MR) is 130 cm³/mol. The first-order valence-corrected chi connectivity index (χ1v) is 12.6. The number of carbonyl (C=O) groups is 2. The van der Waals surface area contributed by atoms with Crippen molar-refractivity contribution in [2.24, 2.45) is 5.73 Å². The van der Waals surface area contributed by atoms with E-state index in [2.05, 4.69) is 15.2 Å². The summed E-state index contributed by atoms with van der Waals surface area (Å²) in [5.74, 6) is -0.675. The fourth-order valence-corrected chi connectivity index (χ4v) is 6.48. The molecule has 13 heteroatoms. The zero-order valence-electron chi connectivity index (χ0n) is 19.2. The summed E-state index contributed by atoms with van der Waals surface area (Å²) < 4.78 is 38.8. The molecule has 3 rings (SSSR count). The fraction of sp³-hybridized carbons (Fsp3) is 0.286. The van der Waals surface area contributed by atoms with E-state index in [4.69, 9.17) is 26.6 Å². The molecule has 4 N–H and O–H groups in total. The molecule has 0 saturated heterocycles. The molecular formula is C21H23ClN4O6S2. The highest BCUT2D eigenvalue weighted by Gasteiger charge is 2.31. The lowest BCUT2D eigenvalue weighted by Crippen LogP contribution is -2.21. The summed E-state index contributed by atoms with van der Waals surface area (Å²) in [6.45, 7) is 10.0. The average Bonchev–Trinajstić information content (AvgIpc) is 3.21. The third kappa shape index (κ3) is 4.74. The molecule has 0 radical (unpaired) electrons. The number of aryl methyl sites for hydroxylation is 4. The molecule has 0 fully saturated rings. The standard InChI is InChI=1S/C21H23ClN4O6S2/c1-8-7-9(2)16(31-21(23)28)11(4)15(8)24-19(27)17-18(10(3)13(6)33-17)34(29,30)26-20-14(22)12(5)25-32-20/h7,26H,1-6H3,(H2,23,28)(H,24,27). The quantitative estimate of drug-likeness (QED) is 0.418. The lowest BCUT2D eigenvalue weighted by molar-refractivity contribution is 0.102. The van der Waals surface area contributed by atoms with Gasteiger partial charge in [-0.2, -0.15) is 0 Å². The smallest absolute Gasteiger partial charge is 0.409 e. The predicted octanol–water partition coefficient (Wildman–Crippen LogP) is 4.75. The Morgan fingerprint density at radius 1 is 1.12 bits per heavy atom. The normalized spacial score (nSPS) is 11.4. The molecule has 0 aliphatic rings. The third-order valence-electron chi connectivity index (χ3n) is 5.17. The summed E-state index contributed by atoms with van der Waals surface area (Å²) in [6.07, 6.45) is -0.988. The Hall–Kier alpha value is -3.09. The highest BCUT2D eigenvalue weighted by atomic mass is 35.5. The van der Waals surface area contributed by atoms with E-state index < -0.39 is 22.0 Å². The Bertz CT molecular complexity index is 1430. The highest BCUT2D eigenvalue weighted by molar-refractivity contribution is 7.93. The Labute approximate surface area is 205 Å². The lowest BCUT2D eigenvalue weighted by Gasteiger charge is -2.17. The van der Waals surface area contributed by atoms with Crippen molar-refractivity contribution in [3.05, 3.63) is 48.8 Å². The summed E-state index contributed by atoms with van der Waals surface area (Å²) in [5, 5.41) is 6.41. The van der Waals surface area contributed by atoms with Gasteiger partial charge >= 0.3 is 6.09 Å². The van der Waals surface area contributed by atoms with Crippen LogP contribution in [0.5, 0.6) is 5.75 Å². The maximum Gasteiger partial charge on any atom is 0.409 e. The van der Waals surface area contributed by atoms with Crippen molar-refractivity contribution in [3.8, 4) is 5.75 Å². The number of primary amides is 1. The number of benzene rings is 1. The number of hydrogen-bond donors (Lipinski definition) is 3. The Morgan fingerprint density at radius 2 is 1.76 bits per heavy atom. The van der Waals surface area contributed by atoms with E-state index in [1.54, 1.807) is 47.6 Å². The molecule has 0 aliphatic heterocycles. The fourth-order valence-electron chi connectivity index (χ4n) is 3.46. The van der Waals surface area contributed by atoms with Crippen LogP contribution in [0.4, 0.5) is 16.4 Å². The highest BCUT2D eigenvalue weighted by Crippen LogP contribution is 2.37. The molecule has 2 aromatic heterocycles. The Morgan fingerprint density at radius 3 is 2.32 bits per heavy atom. The van der Waals surface area contributed by atoms with E-state index in [0.717, 1.165) is 11.3 Å². The van der Waals surface area contributed by atoms with E-state index in [0.29, 0.717) is 38.5 Å². The van der Waals surface area contributed by atoms with E-state index >= 15 is 0 Å². The minimum Gasteiger partial charge on any atom is -0.410 e. The van der Waals surface area contributed by atoms with E-state index in [1.165, 1.54) is 0 Å². The maximum atomic E-state index is 13.3. The van der Waals surface area contributed by atoms with Gasteiger partial charge in [-0.1, -0.05) is 22.8 Å². The van der Waals surface area contributed by atoms with Crippen LogP contribution in [0.25, 0.3) is 0 Å². The molecule has 34 heavy (non-hydrogen) atoms. The number of sulfonamides is 1. The van der Waals surface area contributed by atoms with Crippen LogP contribution in [-0.4, -0.2) is 25.6 Å². The van der Waals surface area contributed by atoms with E-state index in [9.17, 15) is 18.0 Å². The van der Waals surface area contributed by atoms with Gasteiger partial charge in [-0.3, -0.25) is 4.79 Å². The second kappa shape index (κ2) is 9.28. The molecule has 3 aromatic rings. The van der Waals surface area contributed by atoms with Gasteiger partial charge in [0, 0.05) is 10.4 Å². The van der Waals surface area contributed by atoms with Crippen LogP contribution in [-0.2, 0) is 10.0 Å². The minimum absolute atomic E-state index is 0.0204. The number of nitrogens with zero attached hydrogens (tertiary/aromatic N) is 1. The van der Waals surface area contributed by atoms with Gasteiger partial charge in [0.15, 0.2) is 0 Å². The molecule has 0 bridgehead atoms. The van der Waals surface area contributed by atoms with Gasteiger partial charge in [-0.15, -0.1) is 11.3 Å². The van der Waals surface area contributed by atoms with Gasteiger partial charge in [-0.25, -0.2) is 17.9 Å². The molecule has 2 heterocycles. The van der Waals surface area contributed by atoms with Crippen LogP contribution in [0.2, 0.25) is 5.02 Å². The van der Waals surface area contributed by atoms with Gasteiger partial charge < -0.3 is 20.3 Å². The van der Waals surface area contributed by atoms with Crippen molar-refractivity contribution in [1.82, 2.24) is 5.16 Å². The summed E-state index contributed by atoms with van der Waals surface area (Å²) >= 11 is 7.08. The van der Waals surface area contributed by atoms with Crippen molar-refractivity contribution >= 4 is 56.5 Å². The second-order valence-electron chi connectivity index (χ2n) is 7.67. The molecule has 10 nitrogen and oxygen atoms in total. The number of aromatic nitrogens is 1. The van der Waals surface area contributed by atoms with Crippen LogP contribution in [0.1, 0.15) is 42.5 Å². The third-order valence-corrected chi connectivity index (χ3v) is 8.45. The van der Waals surface area contributed by atoms with Crippen LogP contribution >= 0.6 is 22.9 Å². The van der Waals surface area contributed by atoms with Gasteiger partial charge in [0.05, 0.1) is 5.69 Å². The molecule has 0 unspecified atom stereocenters. The number of halogens is 1. The summed E-state index contributed by atoms with van der Waals surface area (Å²) in [7, 11) is -4.26. The number of nitrogens with two attached hydrogens (primary N) is 1. The first-order valence-electron chi connectivity index (χ1n) is 9.88. The van der Waals surface area contributed by atoms with Crippen molar-refractivity contribution in [1.29, 1.82) is 0 Å². The number of ether oxygens (including phenoxy) is 1.